The minimum atomic E-state index is -0.490. The molecule has 3 aromatic carbocycles. The molecule has 1 aliphatic heterocycles. The zero-order valence-corrected chi connectivity index (χ0v) is 22.5. The lowest BCUT2D eigenvalue weighted by Crippen LogP contribution is -2.36. The smallest absolute Gasteiger partial charge is 0.254 e. The number of nitrogen functional groups attached to an aromatic ring is 1. The molecule has 3 aromatic rings. The molecule has 2 amide bonds. The first-order chi connectivity index (χ1) is 18.1. The summed E-state index contributed by atoms with van der Waals surface area (Å²) in [5.74, 6) is 5.28. The van der Waals surface area contributed by atoms with Crippen LogP contribution in [-0.2, 0) is 17.8 Å². The van der Waals surface area contributed by atoms with Crippen molar-refractivity contribution in [2.24, 2.45) is 5.84 Å². The lowest BCUT2D eigenvalue weighted by Gasteiger charge is -2.30. The van der Waals surface area contributed by atoms with Gasteiger partial charge in [-0.15, -0.1) is 0 Å². The molecule has 0 saturated heterocycles. The summed E-state index contributed by atoms with van der Waals surface area (Å²) in [5, 5.41) is 10.9. The average molecular weight is 516 g/mol. The number of rotatable bonds is 7. The van der Waals surface area contributed by atoms with Crippen molar-refractivity contribution in [3.05, 3.63) is 93.0 Å². The van der Waals surface area contributed by atoms with Gasteiger partial charge in [-0.05, 0) is 91.3 Å². The van der Waals surface area contributed by atoms with Gasteiger partial charge < -0.3 is 15.6 Å². The van der Waals surface area contributed by atoms with Gasteiger partial charge in [0.15, 0.2) is 0 Å². The minimum Gasteiger partial charge on any atom is -0.397 e. The molecule has 0 saturated carbocycles. The fourth-order valence-electron chi connectivity index (χ4n) is 5.19. The summed E-state index contributed by atoms with van der Waals surface area (Å²) in [6.07, 6.45) is 0.804. The molecule has 1 unspecified atom stereocenters. The Hall–Kier alpha value is -3.88. The molecule has 0 bridgehead atoms. The van der Waals surface area contributed by atoms with Gasteiger partial charge >= 0.3 is 0 Å². The number of carbonyl (C=O) groups is 2. The summed E-state index contributed by atoms with van der Waals surface area (Å²) in [6, 6.07) is 15.8. The minimum absolute atomic E-state index is 0.0156. The Balaban J connectivity index is 1.68. The maximum atomic E-state index is 13.3. The number of carbonyl (C=O) groups excluding carboxylic acids is 2. The quantitative estimate of drug-likeness (QED) is 0.162. The van der Waals surface area contributed by atoms with Crippen LogP contribution in [-0.4, -0.2) is 35.0 Å². The Morgan fingerprint density at radius 2 is 1.82 bits per heavy atom. The van der Waals surface area contributed by atoms with E-state index in [-0.39, 0.29) is 18.2 Å². The van der Waals surface area contributed by atoms with Gasteiger partial charge in [-0.3, -0.25) is 14.8 Å². The van der Waals surface area contributed by atoms with Gasteiger partial charge in [0.2, 0.25) is 5.91 Å². The number of nitrogens with one attached hydrogen (secondary N) is 1. The van der Waals surface area contributed by atoms with E-state index in [0.717, 1.165) is 45.5 Å². The molecule has 0 aromatic heterocycles. The molecule has 6 N–H and O–H groups in total. The van der Waals surface area contributed by atoms with E-state index in [1.54, 1.807) is 10.5 Å². The first-order valence-corrected chi connectivity index (χ1v) is 13.0. The number of aryl methyl sites for hydroxylation is 2. The lowest BCUT2D eigenvalue weighted by atomic mass is 9.83. The number of fused-ring (bicyclic) bond motifs is 1. The van der Waals surface area contributed by atoms with E-state index >= 15 is 0 Å². The number of amides is 2. The average Bonchev–Trinajstić information content (AvgIpc) is 2.93. The highest BCUT2D eigenvalue weighted by Crippen LogP contribution is 2.37. The molecular formula is C30H37N5O3. The molecule has 8 nitrogen and oxygen atoms in total. The predicted molar refractivity (Wildman–Crippen MR) is 150 cm³/mol. The fourth-order valence-corrected chi connectivity index (χ4v) is 5.19. The van der Waals surface area contributed by atoms with Crippen LogP contribution in [0, 0.1) is 20.8 Å². The molecule has 0 aliphatic carbocycles. The van der Waals surface area contributed by atoms with Gasteiger partial charge in [-0.2, -0.15) is 0 Å². The van der Waals surface area contributed by atoms with Crippen LogP contribution < -0.4 is 22.1 Å². The number of nitrogens with zero attached hydrogens (tertiary/aromatic N) is 2. The third kappa shape index (κ3) is 5.37. The molecule has 4 rings (SSSR count). The summed E-state index contributed by atoms with van der Waals surface area (Å²) in [6.45, 7) is 9.66. The van der Waals surface area contributed by atoms with E-state index in [9.17, 15) is 14.8 Å². The van der Waals surface area contributed by atoms with E-state index in [0.29, 0.717) is 30.9 Å². The first-order valence-electron chi connectivity index (χ1n) is 13.0. The number of hydrogen-bond donors (Lipinski definition) is 4. The highest BCUT2D eigenvalue weighted by molar-refractivity contribution is 5.94. The highest BCUT2D eigenvalue weighted by Gasteiger charge is 2.26. The second-order valence-corrected chi connectivity index (χ2v) is 10.1. The fraction of sp³-hybridized carbons (Fsp3) is 0.333. The van der Waals surface area contributed by atoms with E-state index in [1.165, 1.54) is 5.56 Å². The van der Waals surface area contributed by atoms with Gasteiger partial charge in [-0.1, -0.05) is 30.3 Å². The number of nitrogens with two attached hydrogens (primary N) is 2. The second kappa shape index (κ2) is 11.2. The van der Waals surface area contributed by atoms with Crippen LogP contribution >= 0.6 is 0 Å². The zero-order valence-electron chi connectivity index (χ0n) is 22.5. The van der Waals surface area contributed by atoms with Crippen molar-refractivity contribution in [3.8, 4) is 0 Å². The Morgan fingerprint density at radius 3 is 2.50 bits per heavy atom. The van der Waals surface area contributed by atoms with Crippen molar-refractivity contribution < 1.29 is 14.8 Å². The lowest BCUT2D eigenvalue weighted by molar-refractivity contribution is -0.129. The number of hydroxylamine groups is 1. The standard InChI is InChI=1S/C30H37N5O3/c1-5-35(32)27-11-10-25(20(4)29(27)31)26(16-28(36)33-38)22-9-8-21-12-13-34(17-24(21)15-22)30(37)23-7-6-18(2)19(3)14-23/h6-11,14-15,26,38H,5,12-13,16-17,31-32H2,1-4H3,(H,33,36). The van der Waals surface area contributed by atoms with Crippen LogP contribution in [0.5, 0.6) is 0 Å². The number of hydrazine groups is 1. The van der Waals surface area contributed by atoms with Crippen molar-refractivity contribution in [1.82, 2.24) is 10.4 Å². The summed E-state index contributed by atoms with van der Waals surface area (Å²) in [5.41, 5.74) is 17.4. The normalized spacial score (nSPS) is 13.6. The van der Waals surface area contributed by atoms with Crippen LogP contribution in [0.2, 0.25) is 0 Å². The SMILES string of the molecule is CCN(N)c1ccc(C(CC(=O)NO)c2ccc3c(c2)CN(C(=O)c2ccc(C)c(C)c2)CC3)c(C)c1N. The van der Waals surface area contributed by atoms with Crippen LogP contribution in [0.15, 0.2) is 48.5 Å². The Morgan fingerprint density at radius 1 is 1.05 bits per heavy atom. The monoisotopic (exact) mass is 515 g/mol. The third-order valence-electron chi connectivity index (χ3n) is 7.76. The highest BCUT2D eigenvalue weighted by atomic mass is 16.5. The van der Waals surface area contributed by atoms with E-state index in [2.05, 4.69) is 12.1 Å². The van der Waals surface area contributed by atoms with E-state index in [4.69, 9.17) is 11.6 Å². The molecule has 0 radical (unpaired) electrons. The largest absolute Gasteiger partial charge is 0.397 e. The Kier molecular flexibility index (Phi) is 8.04. The van der Waals surface area contributed by atoms with Gasteiger partial charge in [0.05, 0.1) is 11.4 Å². The van der Waals surface area contributed by atoms with E-state index in [1.807, 2.05) is 69.0 Å². The second-order valence-electron chi connectivity index (χ2n) is 10.1. The van der Waals surface area contributed by atoms with Crippen LogP contribution in [0.25, 0.3) is 0 Å². The van der Waals surface area contributed by atoms with Crippen LogP contribution in [0.1, 0.15) is 68.6 Å². The van der Waals surface area contributed by atoms with Crippen molar-refractivity contribution >= 4 is 23.2 Å². The molecule has 1 aliphatic rings. The summed E-state index contributed by atoms with van der Waals surface area (Å²) < 4.78 is 0. The van der Waals surface area contributed by atoms with Crippen LogP contribution in [0.4, 0.5) is 11.4 Å². The van der Waals surface area contributed by atoms with Crippen molar-refractivity contribution in [2.45, 2.75) is 53.0 Å². The zero-order chi connectivity index (χ0) is 27.6. The molecule has 38 heavy (non-hydrogen) atoms. The predicted octanol–water partition coefficient (Wildman–Crippen LogP) is 4.12. The molecule has 8 heteroatoms. The number of hydrogen-bond acceptors (Lipinski definition) is 6. The molecule has 1 atom stereocenters. The molecule has 0 spiro atoms. The van der Waals surface area contributed by atoms with E-state index < -0.39 is 5.91 Å². The van der Waals surface area contributed by atoms with Gasteiger partial charge in [-0.25, -0.2) is 11.3 Å². The third-order valence-corrected chi connectivity index (χ3v) is 7.76. The summed E-state index contributed by atoms with van der Waals surface area (Å²) in [7, 11) is 0. The topological polar surface area (TPSA) is 125 Å². The van der Waals surface area contributed by atoms with Crippen molar-refractivity contribution in [3.63, 3.8) is 0 Å². The maximum absolute atomic E-state index is 13.3. The molecular weight excluding hydrogens is 478 g/mol. The Labute approximate surface area is 224 Å². The van der Waals surface area contributed by atoms with Gasteiger partial charge in [0.1, 0.15) is 0 Å². The molecule has 0 fully saturated rings. The van der Waals surface area contributed by atoms with Gasteiger partial charge in [0, 0.05) is 37.5 Å². The Bertz CT molecular complexity index is 1370. The maximum Gasteiger partial charge on any atom is 0.254 e. The summed E-state index contributed by atoms with van der Waals surface area (Å²) in [4.78, 5) is 27.5. The van der Waals surface area contributed by atoms with Crippen molar-refractivity contribution in [2.75, 3.05) is 23.8 Å². The number of benzene rings is 3. The summed E-state index contributed by atoms with van der Waals surface area (Å²) >= 11 is 0. The molecule has 200 valence electrons. The number of anilines is 2. The molecule has 1 heterocycles. The van der Waals surface area contributed by atoms with Crippen molar-refractivity contribution in [1.29, 1.82) is 0 Å². The first kappa shape index (κ1) is 27.2. The van der Waals surface area contributed by atoms with Crippen LogP contribution in [0.3, 0.4) is 0 Å². The van der Waals surface area contributed by atoms with Gasteiger partial charge in [0.25, 0.3) is 5.91 Å².